The van der Waals surface area contributed by atoms with Crippen LogP contribution in [0.2, 0.25) is 0 Å². The van der Waals surface area contributed by atoms with Gasteiger partial charge in [-0.05, 0) is 18.2 Å². The zero-order chi connectivity index (χ0) is 25.0. The van der Waals surface area contributed by atoms with Crippen molar-refractivity contribution in [3.8, 4) is 35.1 Å². The Labute approximate surface area is 196 Å². The first-order valence-corrected chi connectivity index (χ1v) is 10.2. The van der Waals surface area contributed by atoms with Gasteiger partial charge in [-0.15, -0.1) is 0 Å². The van der Waals surface area contributed by atoms with Crippen molar-refractivity contribution in [2.45, 2.75) is 5.03 Å². The summed E-state index contributed by atoms with van der Waals surface area (Å²) in [7, 11) is 2.72. The van der Waals surface area contributed by atoms with Gasteiger partial charge in [0.05, 0.1) is 40.5 Å². The summed E-state index contributed by atoms with van der Waals surface area (Å²) < 4.78 is 10.8. The van der Waals surface area contributed by atoms with Crippen molar-refractivity contribution in [2.75, 3.05) is 23.9 Å². The lowest BCUT2D eigenvalue weighted by Gasteiger charge is -2.12. The number of rotatable bonds is 7. The SMILES string of the molecule is COc1cc(C(=O)O)ccc1NC(=O)CSc1nc(N)c(C#N)c(-c2c([O-])on[n+]2C)c1C#N. The van der Waals surface area contributed by atoms with Crippen molar-refractivity contribution in [1.29, 1.82) is 10.5 Å². The molecule has 14 heteroatoms. The molecule has 0 radical (unpaired) electrons. The van der Waals surface area contributed by atoms with Crippen LogP contribution in [0.3, 0.4) is 0 Å². The molecule has 0 aliphatic rings. The molecular formula is C20H15N7O6S. The zero-order valence-corrected chi connectivity index (χ0v) is 18.5. The van der Waals surface area contributed by atoms with E-state index in [1.807, 2.05) is 12.1 Å². The molecule has 13 nitrogen and oxygen atoms in total. The van der Waals surface area contributed by atoms with Crippen LogP contribution in [-0.2, 0) is 11.8 Å². The van der Waals surface area contributed by atoms with E-state index in [4.69, 9.17) is 15.6 Å². The van der Waals surface area contributed by atoms with E-state index in [0.717, 1.165) is 16.4 Å². The number of hydrogen-bond donors (Lipinski definition) is 3. The molecule has 1 amide bonds. The number of ether oxygens (including phenoxy) is 1. The third-order valence-electron chi connectivity index (χ3n) is 4.48. The third-order valence-corrected chi connectivity index (χ3v) is 5.45. The van der Waals surface area contributed by atoms with Crippen LogP contribution in [0.25, 0.3) is 11.3 Å². The number of carboxylic acid groups (broad SMARTS) is 1. The Morgan fingerprint density at radius 2 is 2.06 bits per heavy atom. The molecule has 0 saturated heterocycles. The quantitative estimate of drug-likeness (QED) is 0.309. The highest BCUT2D eigenvalue weighted by Crippen LogP contribution is 2.36. The number of aryl methyl sites for hydroxylation is 1. The molecule has 0 spiro atoms. The molecule has 3 aromatic rings. The fourth-order valence-corrected chi connectivity index (χ4v) is 3.76. The monoisotopic (exact) mass is 481 g/mol. The summed E-state index contributed by atoms with van der Waals surface area (Å²) in [4.78, 5) is 27.7. The van der Waals surface area contributed by atoms with E-state index in [-0.39, 0.29) is 56.0 Å². The van der Waals surface area contributed by atoms with Crippen LogP contribution in [0.5, 0.6) is 11.7 Å². The lowest BCUT2D eigenvalue weighted by molar-refractivity contribution is -0.730. The van der Waals surface area contributed by atoms with Crippen molar-refractivity contribution in [3.05, 3.63) is 34.9 Å². The molecule has 0 aliphatic carbocycles. The molecule has 172 valence electrons. The summed E-state index contributed by atoms with van der Waals surface area (Å²) in [5, 5.41) is 46.6. The summed E-state index contributed by atoms with van der Waals surface area (Å²) in [5.74, 6) is -2.91. The second kappa shape index (κ2) is 9.76. The number of pyridine rings is 1. The van der Waals surface area contributed by atoms with E-state index >= 15 is 0 Å². The number of carbonyl (C=O) groups is 2. The second-order valence-corrected chi connectivity index (χ2v) is 7.50. The molecule has 0 bridgehead atoms. The Kier molecular flexibility index (Phi) is 6.84. The Bertz CT molecular complexity index is 1370. The number of aromatic nitrogens is 3. The number of carbonyl (C=O) groups excluding carboxylic acids is 1. The number of nitrogen functional groups attached to an aromatic ring is 1. The van der Waals surface area contributed by atoms with Crippen LogP contribution < -0.4 is 25.6 Å². The molecule has 0 unspecified atom stereocenters. The number of anilines is 2. The smallest absolute Gasteiger partial charge is 0.335 e. The topological polar surface area (TPSA) is 215 Å². The van der Waals surface area contributed by atoms with Crippen molar-refractivity contribution >= 4 is 35.1 Å². The maximum absolute atomic E-state index is 12.5. The van der Waals surface area contributed by atoms with Gasteiger partial charge in [-0.2, -0.15) is 10.5 Å². The number of benzene rings is 1. The molecule has 0 atom stereocenters. The lowest BCUT2D eigenvalue weighted by Crippen LogP contribution is -2.32. The maximum Gasteiger partial charge on any atom is 0.335 e. The minimum absolute atomic E-state index is 0.0120. The molecule has 4 N–H and O–H groups in total. The number of hydrogen-bond acceptors (Lipinski definition) is 11. The van der Waals surface area contributed by atoms with Gasteiger partial charge < -0.3 is 30.5 Å². The predicted molar refractivity (Wildman–Crippen MR) is 114 cm³/mol. The van der Waals surface area contributed by atoms with Crippen LogP contribution in [0.1, 0.15) is 21.5 Å². The number of methoxy groups -OCH3 is 1. The van der Waals surface area contributed by atoms with Gasteiger partial charge in [-0.25, -0.2) is 9.78 Å². The minimum atomic E-state index is -1.15. The highest BCUT2D eigenvalue weighted by atomic mass is 32.2. The zero-order valence-electron chi connectivity index (χ0n) is 17.6. The van der Waals surface area contributed by atoms with E-state index in [0.29, 0.717) is 0 Å². The van der Waals surface area contributed by atoms with Gasteiger partial charge >= 0.3 is 5.97 Å². The lowest BCUT2D eigenvalue weighted by atomic mass is 10.0. The molecule has 0 fully saturated rings. The summed E-state index contributed by atoms with van der Waals surface area (Å²) in [6.07, 6.45) is 0. The number of aromatic carboxylic acids is 1. The van der Waals surface area contributed by atoms with Gasteiger partial charge in [-0.3, -0.25) is 4.79 Å². The van der Waals surface area contributed by atoms with Crippen LogP contribution in [0.4, 0.5) is 11.5 Å². The first-order chi connectivity index (χ1) is 16.2. The Morgan fingerprint density at radius 1 is 1.35 bits per heavy atom. The molecular weight excluding hydrogens is 466 g/mol. The number of nitrogens with one attached hydrogen (secondary N) is 1. The third kappa shape index (κ3) is 4.52. The molecule has 2 heterocycles. The average molecular weight is 481 g/mol. The number of carboxylic acids is 1. The minimum Gasteiger partial charge on any atom is -0.539 e. The van der Waals surface area contributed by atoms with Gasteiger partial charge in [0.2, 0.25) is 5.91 Å². The molecule has 0 aliphatic heterocycles. The Hall–Kier alpha value is -4.82. The number of nitriles is 2. The van der Waals surface area contributed by atoms with Crippen LogP contribution in [0, 0.1) is 22.7 Å². The summed E-state index contributed by atoms with van der Waals surface area (Å²) in [6, 6.07) is 7.66. The first kappa shape index (κ1) is 23.8. The van der Waals surface area contributed by atoms with E-state index in [2.05, 4.69) is 20.1 Å². The van der Waals surface area contributed by atoms with Crippen LogP contribution in [0.15, 0.2) is 27.7 Å². The number of nitrogens with zero attached hydrogens (tertiary/aromatic N) is 5. The molecule has 0 saturated carbocycles. The fraction of sp³-hybridized carbons (Fsp3) is 0.150. The molecule has 3 rings (SSSR count). The first-order valence-electron chi connectivity index (χ1n) is 9.22. The maximum atomic E-state index is 12.5. The second-order valence-electron chi connectivity index (χ2n) is 6.54. The number of thioether (sulfide) groups is 1. The summed E-state index contributed by atoms with van der Waals surface area (Å²) in [6.45, 7) is 0. The highest BCUT2D eigenvalue weighted by Gasteiger charge is 2.29. The van der Waals surface area contributed by atoms with Crippen molar-refractivity contribution in [2.24, 2.45) is 7.05 Å². The van der Waals surface area contributed by atoms with Gasteiger partial charge in [-0.1, -0.05) is 16.4 Å². The van der Waals surface area contributed by atoms with Gasteiger partial charge in [0.15, 0.2) is 13.0 Å². The molecule has 2 aromatic heterocycles. The average Bonchev–Trinajstić information content (AvgIpc) is 3.14. The van der Waals surface area contributed by atoms with Crippen molar-refractivity contribution in [3.63, 3.8) is 0 Å². The number of amides is 1. The van der Waals surface area contributed by atoms with Crippen molar-refractivity contribution < 1.29 is 33.7 Å². The van der Waals surface area contributed by atoms with E-state index in [1.54, 1.807) is 0 Å². The Balaban J connectivity index is 1.91. The summed E-state index contributed by atoms with van der Waals surface area (Å²) >= 11 is 0.845. The van der Waals surface area contributed by atoms with Crippen LogP contribution >= 0.6 is 11.8 Å². The van der Waals surface area contributed by atoms with Gasteiger partial charge in [0.1, 0.15) is 34.3 Å². The van der Waals surface area contributed by atoms with Crippen LogP contribution in [-0.4, -0.2) is 40.1 Å². The highest BCUT2D eigenvalue weighted by molar-refractivity contribution is 8.00. The normalized spacial score (nSPS) is 10.2. The molecule has 34 heavy (non-hydrogen) atoms. The van der Waals surface area contributed by atoms with Gasteiger partial charge in [0.25, 0.3) is 5.69 Å². The van der Waals surface area contributed by atoms with Crippen molar-refractivity contribution in [1.82, 2.24) is 10.3 Å². The predicted octanol–water partition coefficient (Wildman–Crippen LogP) is 0.398. The standard InChI is InChI=1S/C20H15N7O6S/c1-27-16(20(31)33-26-27)15-10(6-21)17(23)25-18(11(15)7-22)34-8-14(28)24-12-4-3-9(19(29)30)5-13(12)32-2/h3-5H,8H2,1-2H3,(H4-,23,24,25,26,28,29,30,31). The Morgan fingerprint density at radius 3 is 2.62 bits per heavy atom. The van der Waals surface area contributed by atoms with E-state index in [9.17, 15) is 25.2 Å². The summed E-state index contributed by atoms with van der Waals surface area (Å²) in [5.41, 5.74) is 5.48. The fourth-order valence-electron chi connectivity index (χ4n) is 2.97. The molecule has 1 aromatic carbocycles. The van der Waals surface area contributed by atoms with E-state index < -0.39 is 17.8 Å². The van der Waals surface area contributed by atoms with E-state index in [1.165, 1.54) is 32.4 Å². The number of nitrogens with two attached hydrogens (primary N) is 1. The van der Waals surface area contributed by atoms with Gasteiger partial charge in [0, 0.05) is 0 Å². The largest absolute Gasteiger partial charge is 0.539 e.